The number of carbonyl (C=O) groups is 1. The number of rotatable bonds is 2. The molecule has 0 aromatic carbocycles. The predicted octanol–water partition coefficient (Wildman–Crippen LogP) is 0.102. The van der Waals surface area contributed by atoms with Gasteiger partial charge in [0.2, 0.25) is 0 Å². The standard InChI is InChI=1S/C5H6N2O2S/c6-9-5(8)1-4-2-10-3-7-4/h2-3H,1,6H2. The molecule has 2 N–H and O–H groups in total. The summed E-state index contributed by atoms with van der Waals surface area (Å²) >= 11 is 1.43. The number of aromatic nitrogens is 1. The first kappa shape index (κ1) is 7.17. The van der Waals surface area contributed by atoms with Crippen molar-refractivity contribution in [1.82, 2.24) is 4.98 Å². The van der Waals surface area contributed by atoms with Crippen LogP contribution in [-0.2, 0) is 16.1 Å². The van der Waals surface area contributed by atoms with Crippen molar-refractivity contribution < 1.29 is 9.63 Å². The van der Waals surface area contributed by atoms with Crippen LogP contribution in [0.4, 0.5) is 0 Å². The molecule has 1 heterocycles. The molecule has 10 heavy (non-hydrogen) atoms. The first-order chi connectivity index (χ1) is 4.83. The van der Waals surface area contributed by atoms with Gasteiger partial charge in [0.05, 0.1) is 17.6 Å². The van der Waals surface area contributed by atoms with Gasteiger partial charge in [-0.1, -0.05) is 0 Å². The molecule has 0 saturated carbocycles. The number of thiazole rings is 1. The van der Waals surface area contributed by atoms with Crippen LogP contribution in [0.25, 0.3) is 0 Å². The quantitative estimate of drug-likeness (QED) is 0.620. The SMILES string of the molecule is NOC(=O)Cc1cscn1. The Labute approximate surface area is 61.6 Å². The molecule has 4 nitrogen and oxygen atoms in total. The maximum Gasteiger partial charge on any atom is 0.330 e. The molecule has 1 aromatic heterocycles. The molecule has 0 saturated heterocycles. The zero-order valence-electron chi connectivity index (χ0n) is 5.11. The van der Waals surface area contributed by atoms with Gasteiger partial charge in [-0.25, -0.2) is 9.78 Å². The summed E-state index contributed by atoms with van der Waals surface area (Å²) in [6, 6.07) is 0. The fourth-order valence-electron chi connectivity index (χ4n) is 0.514. The van der Waals surface area contributed by atoms with E-state index in [0.29, 0.717) is 5.69 Å². The van der Waals surface area contributed by atoms with E-state index in [1.165, 1.54) is 11.3 Å². The van der Waals surface area contributed by atoms with E-state index in [-0.39, 0.29) is 6.42 Å². The molecule has 0 spiro atoms. The lowest BCUT2D eigenvalue weighted by Gasteiger charge is -1.91. The Morgan fingerprint density at radius 1 is 1.90 bits per heavy atom. The van der Waals surface area contributed by atoms with Crippen molar-refractivity contribution in [2.45, 2.75) is 6.42 Å². The van der Waals surface area contributed by atoms with E-state index >= 15 is 0 Å². The van der Waals surface area contributed by atoms with Crippen LogP contribution >= 0.6 is 11.3 Å². The number of hydrogen-bond acceptors (Lipinski definition) is 5. The van der Waals surface area contributed by atoms with Crippen molar-refractivity contribution in [3.63, 3.8) is 0 Å². The molecule has 1 aromatic rings. The average molecular weight is 158 g/mol. The van der Waals surface area contributed by atoms with Crippen molar-refractivity contribution in [2.75, 3.05) is 0 Å². The van der Waals surface area contributed by atoms with Gasteiger partial charge in [0.25, 0.3) is 0 Å². The van der Waals surface area contributed by atoms with E-state index in [1.54, 1.807) is 10.9 Å². The van der Waals surface area contributed by atoms with Gasteiger partial charge in [-0.3, -0.25) is 0 Å². The van der Waals surface area contributed by atoms with E-state index in [0.717, 1.165) is 0 Å². The minimum Gasteiger partial charge on any atom is -0.373 e. The van der Waals surface area contributed by atoms with Crippen LogP contribution in [0.15, 0.2) is 10.9 Å². The van der Waals surface area contributed by atoms with Gasteiger partial charge >= 0.3 is 5.97 Å². The van der Waals surface area contributed by atoms with Crippen LogP contribution in [0.3, 0.4) is 0 Å². The highest BCUT2D eigenvalue weighted by Crippen LogP contribution is 2.01. The Balaban J connectivity index is 2.48. The van der Waals surface area contributed by atoms with Gasteiger partial charge in [-0.05, 0) is 0 Å². The highest BCUT2D eigenvalue weighted by molar-refractivity contribution is 7.07. The third kappa shape index (κ3) is 1.78. The van der Waals surface area contributed by atoms with Crippen molar-refractivity contribution in [3.05, 3.63) is 16.6 Å². The summed E-state index contributed by atoms with van der Waals surface area (Å²) in [6.07, 6.45) is 0.153. The lowest BCUT2D eigenvalue weighted by molar-refractivity contribution is -0.143. The Kier molecular flexibility index (Phi) is 2.35. The van der Waals surface area contributed by atoms with Crippen LogP contribution in [0, 0.1) is 0 Å². The molecule has 0 amide bonds. The number of nitrogens with two attached hydrogens (primary N) is 1. The second-order valence-electron chi connectivity index (χ2n) is 1.65. The molecule has 0 fully saturated rings. The van der Waals surface area contributed by atoms with Gasteiger partial charge in [-0.2, -0.15) is 5.90 Å². The lowest BCUT2D eigenvalue weighted by atomic mass is 10.3. The van der Waals surface area contributed by atoms with Crippen molar-refractivity contribution in [2.24, 2.45) is 5.90 Å². The second-order valence-corrected chi connectivity index (χ2v) is 2.37. The molecule has 54 valence electrons. The van der Waals surface area contributed by atoms with E-state index < -0.39 is 5.97 Å². The predicted molar refractivity (Wildman–Crippen MR) is 36.1 cm³/mol. The van der Waals surface area contributed by atoms with Gasteiger partial charge in [0, 0.05) is 5.38 Å². The van der Waals surface area contributed by atoms with Crippen molar-refractivity contribution in [1.29, 1.82) is 0 Å². The van der Waals surface area contributed by atoms with Gasteiger partial charge < -0.3 is 4.84 Å². The topological polar surface area (TPSA) is 65.2 Å². The Morgan fingerprint density at radius 2 is 2.70 bits per heavy atom. The number of carbonyl (C=O) groups excluding carboxylic acids is 1. The van der Waals surface area contributed by atoms with Crippen LogP contribution in [0.1, 0.15) is 5.69 Å². The van der Waals surface area contributed by atoms with Crippen molar-refractivity contribution >= 4 is 17.3 Å². The smallest absolute Gasteiger partial charge is 0.330 e. The van der Waals surface area contributed by atoms with Crippen molar-refractivity contribution in [3.8, 4) is 0 Å². The fourth-order valence-corrected chi connectivity index (χ4v) is 1.07. The van der Waals surface area contributed by atoms with E-state index in [4.69, 9.17) is 0 Å². The molecule has 0 unspecified atom stereocenters. The number of nitrogens with zero attached hydrogens (tertiary/aromatic N) is 1. The Hall–Kier alpha value is -0.940. The fraction of sp³-hybridized carbons (Fsp3) is 0.200. The summed E-state index contributed by atoms with van der Waals surface area (Å²) in [5.41, 5.74) is 2.35. The molecule has 5 heteroatoms. The molecule has 0 radical (unpaired) electrons. The zero-order valence-corrected chi connectivity index (χ0v) is 5.93. The minimum atomic E-state index is -0.467. The zero-order chi connectivity index (χ0) is 7.40. The first-order valence-electron chi connectivity index (χ1n) is 2.59. The molecular weight excluding hydrogens is 152 g/mol. The molecule has 0 aliphatic heterocycles. The van der Waals surface area contributed by atoms with Gasteiger partial charge in [0.1, 0.15) is 0 Å². The van der Waals surface area contributed by atoms with E-state index in [1.807, 2.05) is 0 Å². The van der Waals surface area contributed by atoms with E-state index in [9.17, 15) is 4.79 Å². The highest BCUT2D eigenvalue weighted by Gasteiger charge is 2.03. The summed E-state index contributed by atoms with van der Waals surface area (Å²) in [5, 5.41) is 1.77. The summed E-state index contributed by atoms with van der Waals surface area (Å²) in [4.78, 5) is 18.3. The normalized spacial score (nSPS) is 9.30. The summed E-state index contributed by atoms with van der Waals surface area (Å²) in [7, 11) is 0. The average Bonchev–Trinajstić information content (AvgIpc) is 2.40. The van der Waals surface area contributed by atoms with E-state index in [2.05, 4.69) is 15.7 Å². The third-order valence-corrected chi connectivity index (χ3v) is 1.58. The molecule has 0 atom stereocenters. The highest BCUT2D eigenvalue weighted by atomic mass is 32.1. The monoisotopic (exact) mass is 158 g/mol. The Bertz CT molecular complexity index is 209. The largest absolute Gasteiger partial charge is 0.373 e. The second kappa shape index (κ2) is 3.28. The maximum absolute atomic E-state index is 10.5. The lowest BCUT2D eigenvalue weighted by Crippen LogP contribution is -2.12. The summed E-state index contributed by atoms with van der Waals surface area (Å²) in [6.45, 7) is 0. The molecule has 0 aliphatic rings. The third-order valence-electron chi connectivity index (χ3n) is 0.940. The van der Waals surface area contributed by atoms with Crippen LogP contribution in [0.2, 0.25) is 0 Å². The van der Waals surface area contributed by atoms with Crippen LogP contribution in [0.5, 0.6) is 0 Å². The number of hydrogen-bond donors (Lipinski definition) is 1. The summed E-state index contributed by atoms with van der Waals surface area (Å²) in [5.74, 6) is 4.15. The first-order valence-corrected chi connectivity index (χ1v) is 3.54. The summed E-state index contributed by atoms with van der Waals surface area (Å²) < 4.78 is 0. The van der Waals surface area contributed by atoms with Crippen LogP contribution in [-0.4, -0.2) is 11.0 Å². The molecular formula is C5H6N2O2S. The maximum atomic E-state index is 10.5. The molecule has 0 aliphatic carbocycles. The Morgan fingerprint density at radius 3 is 3.20 bits per heavy atom. The molecule has 1 rings (SSSR count). The van der Waals surface area contributed by atoms with Crippen LogP contribution < -0.4 is 5.90 Å². The van der Waals surface area contributed by atoms with Gasteiger partial charge in [-0.15, -0.1) is 11.3 Å². The van der Waals surface area contributed by atoms with Gasteiger partial charge in [0.15, 0.2) is 0 Å². The molecule has 0 bridgehead atoms. The minimum absolute atomic E-state index is 0.153.